The van der Waals surface area contributed by atoms with Crippen LogP contribution in [0.3, 0.4) is 0 Å². The Kier molecular flexibility index (Phi) is 6.24. The van der Waals surface area contributed by atoms with E-state index < -0.39 is 6.61 Å². The van der Waals surface area contributed by atoms with Crippen molar-refractivity contribution in [3.63, 3.8) is 0 Å². The van der Waals surface area contributed by atoms with E-state index in [1.54, 1.807) is 4.90 Å². The summed E-state index contributed by atoms with van der Waals surface area (Å²) in [5, 5.41) is 15.9. The van der Waals surface area contributed by atoms with Crippen LogP contribution in [0, 0.1) is 0 Å². The average molecular weight is 371 g/mol. The molecule has 1 atom stereocenters. The average Bonchev–Trinajstić information content (AvgIpc) is 3.02. The zero-order chi connectivity index (χ0) is 19.2. The van der Waals surface area contributed by atoms with Gasteiger partial charge in [-0.25, -0.2) is 0 Å². The van der Waals surface area contributed by atoms with Crippen LogP contribution in [0.4, 0.5) is 0 Å². The molecule has 1 aromatic rings. The zero-order valence-electron chi connectivity index (χ0n) is 15.5. The van der Waals surface area contributed by atoms with Crippen LogP contribution in [0.25, 0.3) is 5.57 Å². The van der Waals surface area contributed by atoms with Gasteiger partial charge in [0.15, 0.2) is 0 Å². The van der Waals surface area contributed by atoms with Gasteiger partial charge in [-0.2, -0.15) is 0 Å². The summed E-state index contributed by atoms with van der Waals surface area (Å²) >= 11 is 0. The lowest BCUT2D eigenvalue weighted by molar-refractivity contribution is -0.134. The number of carbonyl (C=O) groups is 2. The molecule has 144 valence electrons. The molecule has 2 amide bonds. The van der Waals surface area contributed by atoms with Gasteiger partial charge in [-0.3, -0.25) is 9.59 Å². The molecule has 0 bridgehead atoms. The maximum Gasteiger partial charge on any atom is 0.248 e. The molecule has 1 aromatic carbocycles. The fourth-order valence-corrected chi connectivity index (χ4v) is 3.32. The lowest BCUT2D eigenvalue weighted by Crippen LogP contribution is -2.34. The molecule has 0 saturated heterocycles. The molecule has 7 nitrogen and oxygen atoms in total. The summed E-state index contributed by atoms with van der Waals surface area (Å²) in [6.07, 6.45) is 4.27. The van der Waals surface area contributed by atoms with Gasteiger partial charge in [0.1, 0.15) is 12.7 Å². The van der Waals surface area contributed by atoms with Gasteiger partial charge in [0, 0.05) is 26.4 Å². The van der Waals surface area contributed by atoms with Crippen molar-refractivity contribution < 1.29 is 19.5 Å². The molecule has 2 aliphatic heterocycles. The highest BCUT2D eigenvalue weighted by molar-refractivity contribution is 6.01. The number of aliphatic hydroxyl groups excluding tert-OH is 1. The van der Waals surface area contributed by atoms with Crippen LogP contribution in [0.15, 0.2) is 35.5 Å². The third-order valence-corrected chi connectivity index (χ3v) is 4.83. The minimum absolute atomic E-state index is 0.0765. The van der Waals surface area contributed by atoms with Crippen molar-refractivity contribution >= 4 is 23.1 Å². The van der Waals surface area contributed by atoms with Gasteiger partial charge in [-0.05, 0) is 29.5 Å². The van der Waals surface area contributed by atoms with Crippen molar-refractivity contribution in [2.75, 3.05) is 26.2 Å². The summed E-state index contributed by atoms with van der Waals surface area (Å²) in [4.78, 5) is 29.8. The second kappa shape index (κ2) is 8.81. The zero-order valence-corrected chi connectivity index (χ0v) is 15.5. The highest BCUT2D eigenvalue weighted by Gasteiger charge is 2.22. The number of hydrogen-bond donors (Lipinski definition) is 2. The lowest BCUT2D eigenvalue weighted by Gasteiger charge is -2.19. The minimum atomic E-state index is -0.433. The molecule has 2 N–H and O–H groups in total. The first-order chi connectivity index (χ1) is 13.1. The first kappa shape index (κ1) is 19.1. The second-order valence-electron chi connectivity index (χ2n) is 6.79. The van der Waals surface area contributed by atoms with Crippen molar-refractivity contribution in [3.8, 4) is 0 Å². The Morgan fingerprint density at radius 2 is 2.00 bits per heavy atom. The van der Waals surface area contributed by atoms with E-state index in [0.717, 1.165) is 29.7 Å². The number of nitrogens with one attached hydrogen (secondary N) is 1. The van der Waals surface area contributed by atoms with Crippen LogP contribution < -0.4 is 5.32 Å². The Balaban J connectivity index is 1.59. The lowest BCUT2D eigenvalue weighted by atomic mass is 9.98. The summed E-state index contributed by atoms with van der Waals surface area (Å²) in [7, 11) is 0. The number of aliphatic hydroxyl groups is 1. The predicted molar refractivity (Wildman–Crippen MR) is 102 cm³/mol. The van der Waals surface area contributed by atoms with E-state index in [0.29, 0.717) is 26.1 Å². The molecular weight excluding hydrogens is 346 g/mol. The fourth-order valence-electron chi connectivity index (χ4n) is 3.32. The normalized spacial score (nSPS) is 19.6. The van der Waals surface area contributed by atoms with E-state index in [2.05, 4.69) is 28.7 Å². The van der Waals surface area contributed by atoms with Crippen LogP contribution in [-0.2, 0) is 14.4 Å². The number of oxime groups is 1. The molecule has 27 heavy (non-hydrogen) atoms. The summed E-state index contributed by atoms with van der Waals surface area (Å²) < 4.78 is 0. The largest absolute Gasteiger partial charge is 0.390 e. The smallest absolute Gasteiger partial charge is 0.248 e. The summed E-state index contributed by atoms with van der Waals surface area (Å²) in [6, 6.07) is 8.18. The number of benzene rings is 1. The highest BCUT2D eigenvalue weighted by atomic mass is 16.6. The van der Waals surface area contributed by atoms with Crippen molar-refractivity contribution in [3.05, 3.63) is 41.5 Å². The summed E-state index contributed by atoms with van der Waals surface area (Å²) in [5.41, 5.74) is 4.23. The third kappa shape index (κ3) is 4.95. The summed E-state index contributed by atoms with van der Waals surface area (Å²) in [6.45, 7) is 2.77. The van der Waals surface area contributed by atoms with Gasteiger partial charge >= 0.3 is 0 Å². The first-order valence-corrected chi connectivity index (χ1v) is 9.22. The molecule has 0 spiro atoms. The first-order valence-electron chi connectivity index (χ1n) is 9.22. The molecule has 0 radical (unpaired) electrons. The number of nitrogens with zero attached hydrogens (tertiary/aromatic N) is 2. The molecule has 2 aliphatic rings. The van der Waals surface area contributed by atoms with Crippen molar-refractivity contribution in [2.24, 2.45) is 5.16 Å². The Labute approximate surface area is 158 Å². The second-order valence-corrected chi connectivity index (χ2v) is 6.79. The van der Waals surface area contributed by atoms with Crippen molar-refractivity contribution in [2.45, 2.75) is 32.3 Å². The molecule has 0 aliphatic carbocycles. The van der Waals surface area contributed by atoms with Crippen LogP contribution in [0.2, 0.25) is 0 Å². The Hall–Kier alpha value is -2.67. The highest BCUT2D eigenvalue weighted by Crippen LogP contribution is 2.24. The van der Waals surface area contributed by atoms with Gasteiger partial charge in [0.05, 0.1) is 12.3 Å². The number of carbonyl (C=O) groups excluding carboxylic acids is 2. The number of rotatable bonds is 5. The number of amides is 2. The van der Waals surface area contributed by atoms with Gasteiger partial charge in [-0.1, -0.05) is 35.5 Å². The Morgan fingerprint density at radius 1 is 1.26 bits per heavy atom. The van der Waals surface area contributed by atoms with E-state index in [9.17, 15) is 9.59 Å². The van der Waals surface area contributed by atoms with Gasteiger partial charge in [-0.15, -0.1) is 0 Å². The van der Waals surface area contributed by atoms with Crippen molar-refractivity contribution in [1.82, 2.24) is 10.2 Å². The third-order valence-electron chi connectivity index (χ3n) is 4.83. The van der Waals surface area contributed by atoms with E-state index in [4.69, 9.17) is 9.94 Å². The van der Waals surface area contributed by atoms with E-state index in [1.807, 2.05) is 12.1 Å². The summed E-state index contributed by atoms with van der Waals surface area (Å²) in [5.74, 6) is -0.291. The minimum Gasteiger partial charge on any atom is -0.390 e. The van der Waals surface area contributed by atoms with Crippen molar-refractivity contribution in [1.29, 1.82) is 0 Å². The molecule has 7 heteroatoms. The predicted octanol–water partition coefficient (Wildman–Crippen LogP) is 1.31. The molecular formula is C20H25N3O4. The fraction of sp³-hybridized carbons (Fsp3) is 0.450. The van der Waals surface area contributed by atoms with Gasteiger partial charge < -0.3 is 20.2 Å². The van der Waals surface area contributed by atoms with Crippen LogP contribution in [0.5, 0.6) is 0 Å². The van der Waals surface area contributed by atoms with Crippen LogP contribution in [0.1, 0.15) is 37.3 Å². The maximum atomic E-state index is 11.7. The molecule has 2 heterocycles. The van der Waals surface area contributed by atoms with Gasteiger partial charge in [0.2, 0.25) is 11.8 Å². The Morgan fingerprint density at radius 3 is 2.70 bits per heavy atom. The topological polar surface area (TPSA) is 91.2 Å². The molecule has 0 saturated carbocycles. The maximum absolute atomic E-state index is 11.7. The Bertz CT molecular complexity index is 755. The monoisotopic (exact) mass is 371 g/mol. The van der Waals surface area contributed by atoms with Gasteiger partial charge in [0.25, 0.3) is 0 Å². The number of hydrogen-bond acceptors (Lipinski definition) is 5. The standard InChI is InChI=1S/C20H25N3O4/c1-14(25)21-12-18-11-19(22-27-18)17-6-4-16(5-7-17)15-3-2-9-23(10-8-15)20(26)13-24/h3-7,18,24H,2,8-13H2,1H3,(H,21,25). The molecule has 0 aromatic heterocycles. The van der Waals surface area contributed by atoms with Crippen LogP contribution in [-0.4, -0.2) is 59.9 Å². The SMILES string of the molecule is CC(=O)NCC1CC(c2ccc(C3=CCCN(C(=O)CO)CC3)cc2)=NO1. The van der Waals surface area contributed by atoms with Crippen LogP contribution >= 0.6 is 0 Å². The van der Waals surface area contributed by atoms with E-state index in [-0.39, 0.29) is 17.9 Å². The molecule has 3 rings (SSSR count). The van der Waals surface area contributed by atoms with E-state index in [1.165, 1.54) is 12.5 Å². The molecule has 1 unspecified atom stereocenters. The van der Waals surface area contributed by atoms with E-state index >= 15 is 0 Å². The quantitative estimate of drug-likeness (QED) is 0.817. The molecule has 0 fully saturated rings.